The van der Waals surface area contributed by atoms with E-state index >= 15 is 0 Å². The van der Waals surface area contributed by atoms with E-state index in [0.717, 1.165) is 89.4 Å². The Morgan fingerprint density at radius 2 is 0.765 bits per heavy atom. The van der Waals surface area contributed by atoms with E-state index in [0.29, 0.717) is 11.4 Å². The van der Waals surface area contributed by atoms with E-state index in [2.05, 4.69) is 137 Å². The van der Waals surface area contributed by atoms with Crippen molar-refractivity contribution in [2.24, 2.45) is 5.84 Å². The van der Waals surface area contributed by atoms with Gasteiger partial charge in [-0.1, -0.05) is 97.1 Å². The second-order valence-corrected chi connectivity index (χ2v) is 12.5. The lowest BCUT2D eigenvalue weighted by Crippen LogP contribution is -2.08. The zero-order valence-corrected chi connectivity index (χ0v) is 27.6. The van der Waals surface area contributed by atoms with Crippen LogP contribution in [-0.4, -0.2) is 19.9 Å². The number of anilines is 2. The molecule has 0 amide bonds. The second-order valence-electron chi connectivity index (χ2n) is 12.5. The normalized spacial score (nSPS) is 11.9. The molecule has 0 saturated carbocycles. The minimum atomic E-state index is 0.541. The van der Waals surface area contributed by atoms with Crippen molar-refractivity contribution in [3.8, 4) is 44.5 Å². The van der Waals surface area contributed by atoms with E-state index in [1.807, 2.05) is 36.4 Å². The Morgan fingerprint density at radius 3 is 1.10 bits per heavy atom. The number of aromatic nitrogens is 4. The van der Waals surface area contributed by atoms with Crippen LogP contribution in [-0.2, 0) is 0 Å². The summed E-state index contributed by atoms with van der Waals surface area (Å²) in [6.45, 7) is 0. The van der Waals surface area contributed by atoms with E-state index in [4.69, 9.17) is 21.5 Å². The molecule has 8 bridgehead atoms. The maximum Gasteiger partial charge on any atom is 0.0737 e. The summed E-state index contributed by atoms with van der Waals surface area (Å²) in [7, 11) is 0. The van der Waals surface area contributed by atoms with Crippen LogP contribution in [0.15, 0.2) is 133 Å². The van der Waals surface area contributed by atoms with Crippen molar-refractivity contribution in [1.29, 1.82) is 0 Å². The summed E-state index contributed by atoms with van der Waals surface area (Å²) in [5.74, 6) is 5.76. The van der Waals surface area contributed by atoms with Gasteiger partial charge in [0.05, 0.1) is 34.2 Å². The van der Waals surface area contributed by atoms with E-state index in [1.165, 1.54) is 0 Å². The number of hydrogen-bond acceptors (Lipinski definition) is 5. The van der Waals surface area contributed by atoms with E-state index < -0.39 is 0 Å². The molecule has 2 aliphatic rings. The van der Waals surface area contributed by atoms with Crippen LogP contribution in [0.1, 0.15) is 22.8 Å². The number of nitrogens with two attached hydrogens (primary N) is 2. The molecule has 2 aliphatic heterocycles. The lowest BCUT2D eigenvalue weighted by Gasteiger charge is -2.09. The Labute approximate surface area is 294 Å². The topological polar surface area (TPSA) is 121 Å². The molecule has 0 atom stereocenters. The summed E-state index contributed by atoms with van der Waals surface area (Å²) in [4.78, 5) is 18.2. The van der Waals surface area contributed by atoms with Gasteiger partial charge < -0.3 is 21.1 Å². The summed E-state index contributed by atoms with van der Waals surface area (Å²) < 4.78 is 0. The van der Waals surface area contributed by atoms with E-state index in [1.54, 1.807) is 0 Å². The van der Waals surface area contributed by atoms with Gasteiger partial charge in [-0.15, -0.1) is 0 Å². The van der Waals surface area contributed by atoms with Gasteiger partial charge in [-0.3, -0.25) is 5.84 Å². The number of aromatic amines is 2. The van der Waals surface area contributed by atoms with Gasteiger partial charge in [0.2, 0.25) is 0 Å². The molecule has 4 aromatic carbocycles. The van der Waals surface area contributed by atoms with Crippen molar-refractivity contribution in [2.45, 2.75) is 0 Å². The predicted octanol–water partition coefficient (Wildman–Crippen LogP) is 10.2. The molecule has 51 heavy (non-hydrogen) atoms. The number of nitrogen functional groups attached to an aromatic ring is 2. The average Bonchev–Trinajstić information content (AvgIpc) is 4.01. The number of rotatable bonds is 5. The van der Waals surface area contributed by atoms with Gasteiger partial charge in [0, 0.05) is 44.3 Å². The Hall–Kier alpha value is -6.96. The van der Waals surface area contributed by atoms with Crippen LogP contribution < -0.4 is 17.0 Å². The third kappa shape index (κ3) is 5.38. The Kier molecular flexibility index (Phi) is 7.38. The Balaban J connectivity index is 1.47. The highest BCUT2D eigenvalue weighted by atomic mass is 15.2. The van der Waals surface area contributed by atoms with Crippen molar-refractivity contribution in [3.05, 3.63) is 156 Å². The number of benzene rings is 4. The first-order chi connectivity index (χ1) is 25.1. The van der Waals surface area contributed by atoms with Gasteiger partial charge in [0.15, 0.2) is 0 Å². The molecule has 5 heterocycles. The summed E-state index contributed by atoms with van der Waals surface area (Å²) >= 11 is 0. The summed E-state index contributed by atoms with van der Waals surface area (Å²) in [5.41, 5.74) is 25.5. The fourth-order valence-electron chi connectivity index (χ4n) is 7.08. The molecule has 0 spiro atoms. The highest BCUT2D eigenvalue weighted by molar-refractivity contribution is 6.00. The first-order valence-corrected chi connectivity index (χ1v) is 16.8. The molecule has 0 aliphatic carbocycles. The minimum Gasteiger partial charge on any atom is -0.397 e. The largest absolute Gasteiger partial charge is 0.397 e. The maximum absolute atomic E-state index is 6.48. The van der Waals surface area contributed by atoms with Gasteiger partial charge in [0.25, 0.3) is 0 Å². The summed E-state index contributed by atoms with van der Waals surface area (Å²) in [6, 6.07) is 45.6. The number of fused-ring (bicyclic) bond motifs is 8. The van der Waals surface area contributed by atoms with Gasteiger partial charge >= 0.3 is 0 Å². The average molecular weight is 660 g/mol. The standard InChI is InChI=1S/C44H33N7/c45-31-26-30(16-17-32(31)51-46)44-39-24-22-37(49-39)42(28-12-6-2-7-13-28)35-20-18-33(47-35)41(27-10-4-1-5-11-27)34-19-21-36(48-34)43(29-14-8-3-9-15-29)38-23-25-40(44)50-38/h1-26,47,50-51H,45-46H2. The van der Waals surface area contributed by atoms with Crippen LogP contribution >= 0.6 is 0 Å². The molecule has 0 saturated heterocycles. The molecule has 7 N–H and O–H groups in total. The van der Waals surface area contributed by atoms with Crippen LogP contribution in [0.4, 0.5) is 11.4 Å². The van der Waals surface area contributed by atoms with E-state index in [-0.39, 0.29) is 0 Å². The monoisotopic (exact) mass is 659 g/mol. The van der Waals surface area contributed by atoms with Crippen molar-refractivity contribution < 1.29 is 0 Å². The van der Waals surface area contributed by atoms with Crippen molar-refractivity contribution >= 4 is 57.7 Å². The third-order valence-electron chi connectivity index (χ3n) is 9.44. The first kappa shape index (κ1) is 30.1. The number of hydrazine groups is 1. The SMILES string of the molecule is NNc1ccc(-c2c3nc(c(-c4ccccc4)c4ccc([nH]4)c(-c4ccccc4)c4nc(c(-c5ccccc5)c5ccc2[nH]5)C=C4)C=C3)cc1N. The molecular weight excluding hydrogens is 627 g/mol. The Morgan fingerprint density at radius 1 is 0.412 bits per heavy atom. The molecule has 9 rings (SSSR count). The van der Waals surface area contributed by atoms with E-state index in [9.17, 15) is 0 Å². The molecule has 7 heteroatoms. The maximum atomic E-state index is 6.48. The second kappa shape index (κ2) is 12.5. The van der Waals surface area contributed by atoms with Crippen molar-refractivity contribution in [3.63, 3.8) is 0 Å². The molecule has 0 unspecified atom stereocenters. The van der Waals surface area contributed by atoms with Gasteiger partial charge in [-0.2, -0.15) is 0 Å². The van der Waals surface area contributed by atoms with Crippen LogP contribution in [0, 0.1) is 0 Å². The van der Waals surface area contributed by atoms with Crippen LogP contribution in [0.25, 0.3) is 90.9 Å². The molecule has 0 radical (unpaired) electrons. The lowest BCUT2D eigenvalue weighted by atomic mass is 10.0. The number of nitrogens with one attached hydrogen (secondary N) is 3. The zero-order chi connectivity index (χ0) is 34.3. The summed E-state index contributed by atoms with van der Waals surface area (Å²) in [5, 5.41) is 0. The number of hydrogen-bond donors (Lipinski definition) is 5. The van der Waals surface area contributed by atoms with Gasteiger partial charge in [-0.25, -0.2) is 9.97 Å². The quantitative estimate of drug-likeness (QED) is 0.0715. The number of nitrogens with zero attached hydrogens (tertiary/aromatic N) is 2. The van der Waals surface area contributed by atoms with Gasteiger partial charge in [-0.05, 0) is 83.0 Å². The molecule has 0 fully saturated rings. The van der Waals surface area contributed by atoms with Crippen molar-refractivity contribution in [2.75, 3.05) is 11.2 Å². The number of H-pyrrole nitrogens is 2. The highest BCUT2D eigenvalue weighted by Gasteiger charge is 2.19. The van der Waals surface area contributed by atoms with Crippen LogP contribution in [0.2, 0.25) is 0 Å². The molecule has 3 aromatic heterocycles. The Bertz CT molecular complexity index is 2630. The lowest BCUT2D eigenvalue weighted by molar-refractivity contribution is 1.31. The molecule has 244 valence electrons. The first-order valence-electron chi connectivity index (χ1n) is 16.8. The van der Waals surface area contributed by atoms with Gasteiger partial charge in [0.1, 0.15) is 0 Å². The predicted molar refractivity (Wildman–Crippen MR) is 213 cm³/mol. The highest BCUT2D eigenvalue weighted by Crippen LogP contribution is 2.39. The molecule has 7 nitrogen and oxygen atoms in total. The fraction of sp³-hybridized carbons (Fsp3) is 0. The van der Waals surface area contributed by atoms with Crippen LogP contribution in [0.3, 0.4) is 0 Å². The smallest absolute Gasteiger partial charge is 0.0737 e. The zero-order valence-electron chi connectivity index (χ0n) is 27.6. The molecule has 7 aromatic rings. The minimum absolute atomic E-state index is 0.541. The third-order valence-corrected chi connectivity index (χ3v) is 9.44. The molecular formula is C44H33N7. The van der Waals surface area contributed by atoms with Crippen LogP contribution in [0.5, 0.6) is 0 Å². The fourth-order valence-corrected chi connectivity index (χ4v) is 7.08. The summed E-state index contributed by atoms with van der Waals surface area (Å²) in [6.07, 6.45) is 8.39. The van der Waals surface area contributed by atoms with Crippen molar-refractivity contribution in [1.82, 2.24) is 19.9 Å².